The van der Waals surface area contributed by atoms with E-state index in [9.17, 15) is 24.0 Å². The second-order valence-corrected chi connectivity index (χ2v) is 12.4. The van der Waals surface area contributed by atoms with Crippen molar-refractivity contribution in [2.45, 2.75) is 36.6 Å². The van der Waals surface area contributed by atoms with Crippen molar-refractivity contribution in [1.29, 1.82) is 0 Å². The molecule has 1 aromatic heterocycles. The monoisotopic (exact) mass is 613 g/mol. The predicted octanol–water partition coefficient (Wildman–Crippen LogP) is 4.83. The summed E-state index contributed by atoms with van der Waals surface area (Å²) in [5.74, 6) is -2.77. The second-order valence-electron chi connectivity index (χ2n) is 10.3. The molecule has 1 saturated heterocycles. The van der Waals surface area contributed by atoms with Gasteiger partial charge >= 0.3 is 10.8 Å². The van der Waals surface area contributed by atoms with E-state index in [1.807, 2.05) is 49.4 Å². The molecule has 218 valence electrons. The number of thioether (sulfide) groups is 1. The molecule has 2 unspecified atom stereocenters. The summed E-state index contributed by atoms with van der Waals surface area (Å²) in [6, 6.07) is 22.9. The molecule has 3 atom stereocenters. The van der Waals surface area contributed by atoms with Crippen LogP contribution in [0, 0.1) is 12.8 Å². The highest BCUT2D eigenvalue weighted by Gasteiger charge is 2.56. The average molecular weight is 614 g/mol. The highest BCUT2D eigenvalue weighted by molar-refractivity contribution is 8.00. The Kier molecular flexibility index (Phi) is 7.76. The lowest BCUT2D eigenvalue weighted by Crippen LogP contribution is -2.33. The zero-order chi connectivity index (χ0) is 30.2. The highest BCUT2D eigenvalue weighted by Crippen LogP contribution is 2.53. The first-order chi connectivity index (χ1) is 20.8. The van der Waals surface area contributed by atoms with E-state index < -0.39 is 29.0 Å². The van der Waals surface area contributed by atoms with Gasteiger partial charge in [-0.2, -0.15) is 0 Å². The van der Waals surface area contributed by atoms with Gasteiger partial charge < -0.3 is 10.1 Å². The number of amides is 3. The van der Waals surface area contributed by atoms with Gasteiger partial charge in [0, 0.05) is 16.5 Å². The van der Waals surface area contributed by atoms with Crippen LogP contribution in [0.5, 0.6) is 0 Å². The molecule has 0 spiro atoms. The summed E-state index contributed by atoms with van der Waals surface area (Å²) in [6.07, 6.45) is 0. The van der Waals surface area contributed by atoms with Crippen LogP contribution in [0.1, 0.15) is 39.2 Å². The lowest BCUT2D eigenvalue weighted by Gasteiger charge is -2.30. The number of hydrogen-bond acceptors (Lipinski definition) is 8. The molecule has 3 aromatic carbocycles. The maximum Gasteiger partial charge on any atom is 0.338 e. The largest absolute Gasteiger partial charge is 0.462 e. The molecule has 43 heavy (non-hydrogen) atoms. The number of nitrogens with one attached hydrogen (secondary N) is 1. The summed E-state index contributed by atoms with van der Waals surface area (Å²) >= 11 is 2.18. The van der Waals surface area contributed by atoms with E-state index in [2.05, 4.69) is 5.32 Å². The van der Waals surface area contributed by atoms with E-state index in [0.717, 1.165) is 22.5 Å². The van der Waals surface area contributed by atoms with Crippen LogP contribution in [0.4, 0.5) is 11.4 Å². The first-order valence-corrected chi connectivity index (χ1v) is 15.4. The van der Waals surface area contributed by atoms with Crippen molar-refractivity contribution in [3.63, 3.8) is 0 Å². The maximum atomic E-state index is 13.9. The van der Waals surface area contributed by atoms with Crippen molar-refractivity contribution < 1.29 is 23.9 Å². The Labute approximate surface area is 255 Å². The fourth-order valence-electron chi connectivity index (χ4n) is 5.47. The summed E-state index contributed by atoms with van der Waals surface area (Å²) in [5.41, 5.74) is 3.16. The van der Waals surface area contributed by atoms with Crippen LogP contribution in [0.15, 0.2) is 88.7 Å². The summed E-state index contributed by atoms with van der Waals surface area (Å²) in [5, 5.41) is 2.53. The number of esters is 1. The Morgan fingerprint density at radius 2 is 1.60 bits per heavy atom. The third-order valence-electron chi connectivity index (χ3n) is 7.48. The Morgan fingerprint density at radius 3 is 2.28 bits per heavy atom. The molecule has 2 aliphatic heterocycles. The minimum atomic E-state index is -0.759. The summed E-state index contributed by atoms with van der Waals surface area (Å²) < 4.78 is 6.37. The molecule has 4 aromatic rings. The van der Waals surface area contributed by atoms with Crippen LogP contribution < -0.4 is 15.1 Å². The van der Waals surface area contributed by atoms with Crippen molar-refractivity contribution in [2.75, 3.05) is 16.8 Å². The van der Waals surface area contributed by atoms with E-state index in [1.165, 1.54) is 21.2 Å². The van der Waals surface area contributed by atoms with Gasteiger partial charge in [-0.25, -0.2) is 9.69 Å². The average Bonchev–Trinajstić information content (AvgIpc) is 3.44. The smallest absolute Gasteiger partial charge is 0.338 e. The number of ether oxygens (including phenoxy) is 1. The van der Waals surface area contributed by atoms with Crippen LogP contribution in [0.2, 0.25) is 0 Å². The number of aromatic nitrogens is 1. The lowest BCUT2D eigenvalue weighted by molar-refractivity contribution is -0.122. The topological polar surface area (TPSA) is 115 Å². The van der Waals surface area contributed by atoms with Crippen LogP contribution >= 0.6 is 23.1 Å². The molecule has 9 nitrogen and oxygen atoms in total. The number of carbonyl (C=O) groups is 4. The number of fused-ring (bicyclic) bond motifs is 2. The molecular formula is C32H27N3O6S2. The van der Waals surface area contributed by atoms with Gasteiger partial charge in [0.05, 0.1) is 28.8 Å². The van der Waals surface area contributed by atoms with Gasteiger partial charge in [-0.1, -0.05) is 71.1 Å². The molecule has 3 heterocycles. The number of imide groups is 1. The Hall–Kier alpha value is -4.48. The van der Waals surface area contributed by atoms with Gasteiger partial charge in [0.2, 0.25) is 17.7 Å². The summed E-state index contributed by atoms with van der Waals surface area (Å²) in [6.45, 7) is 3.63. The van der Waals surface area contributed by atoms with E-state index in [0.29, 0.717) is 26.8 Å². The maximum absolute atomic E-state index is 13.9. The number of nitrogens with zero attached hydrogens (tertiary/aromatic N) is 2. The van der Waals surface area contributed by atoms with Crippen molar-refractivity contribution in [3.8, 4) is 0 Å². The predicted molar refractivity (Wildman–Crippen MR) is 165 cm³/mol. The number of rotatable bonds is 7. The Balaban J connectivity index is 1.32. The number of thiazole rings is 1. The van der Waals surface area contributed by atoms with Gasteiger partial charge in [-0.15, -0.1) is 0 Å². The first kappa shape index (κ1) is 28.6. The van der Waals surface area contributed by atoms with Crippen LogP contribution in [0.3, 0.4) is 0 Å². The van der Waals surface area contributed by atoms with Gasteiger partial charge in [0.1, 0.15) is 11.8 Å². The SMILES string of the molecule is CCOC(=O)c1ccc(NC(=O)Cn2c3c(sc2=O)[C@H](c2ccccc2)C2C(=O)N(c4ccc(C)cc4)C(=O)C2S3)cc1. The molecule has 1 N–H and O–H groups in total. The van der Waals surface area contributed by atoms with Gasteiger partial charge in [-0.3, -0.25) is 23.7 Å². The molecule has 0 aliphatic carbocycles. The lowest BCUT2D eigenvalue weighted by atomic mass is 9.83. The molecule has 0 bridgehead atoms. The quantitative estimate of drug-likeness (QED) is 0.235. The summed E-state index contributed by atoms with van der Waals surface area (Å²) in [4.78, 5) is 67.7. The van der Waals surface area contributed by atoms with Gasteiger partial charge in [-0.05, 0) is 55.8 Å². The minimum Gasteiger partial charge on any atom is -0.462 e. The van der Waals surface area contributed by atoms with E-state index >= 15 is 0 Å². The number of aryl methyl sites for hydroxylation is 1. The zero-order valence-electron chi connectivity index (χ0n) is 23.3. The van der Waals surface area contributed by atoms with Crippen molar-refractivity contribution in [3.05, 3.63) is 110 Å². The fraction of sp³-hybridized carbons (Fsp3) is 0.219. The van der Waals surface area contributed by atoms with Crippen molar-refractivity contribution in [1.82, 2.24) is 4.57 Å². The van der Waals surface area contributed by atoms with Crippen LogP contribution in [-0.2, 0) is 25.7 Å². The van der Waals surface area contributed by atoms with Gasteiger partial charge in [0.25, 0.3) is 0 Å². The Bertz CT molecular complexity index is 1780. The van der Waals surface area contributed by atoms with Crippen molar-refractivity contribution >= 4 is 58.2 Å². The number of carbonyl (C=O) groups excluding carboxylic acids is 4. The van der Waals surface area contributed by atoms with Gasteiger partial charge in [0.15, 0.2) is 0 Å². The molecule has 1 fully saturated rings. The molecule has 3 amide bonds. The minimum absolute atomic E-state index is 0.255. The summed E-state index contributed by atoms with van der Waals surface area (Å²) in [7, 11) is 0. The zero-order valence-corrected chi connectivity index (χ0v) is 24.9. The van der Waals surface area contributed by atoms with Crippen LogP contribution in [0.25, 0.3) is 0 Å². The Morgan fingerprint density at radius 1 is 0.907 bits per heavy atom. The molecule has 0 radical (unpaired) electrons. The third kappa shape index (κ3) is 5.30. The first-order valence-electron chi connectivity index (χ1n) is 13.7. The van der Waals surface area contributed by atoms with E-state index in [4.69, 9.17) is 4.74 Å². The van der Waals surface area contributed by atoms with E-state index in [-0.39, 0.29) is 29.8 Å². The standard InChI is InChI=1S/C32H27N3O6S2/c1-3-41-31(39)20-11-13-21(14-12-20)33-23(36)17-34-30-27(43-32(34)40)24(19-7-5-4-6-8-19)25-26(42-30)29(38)35(28(25)37)22-15-9-18(2)10-16-22/h4-16,24-26H,3,17H2,1-2H3,(H,33,36)/t24-,25?,26?/m1/s1. The molecular weight excluding hydrogens is 587 g/mol. The second kappa shape index (κ2) is 11.7. The molecule has 2 aliphatic rings. The third-order valence-corrected chi connectivity index (χ3v) is 10.1. The van der Waals surface area contributed by atoms with Crippen LogP contribution in [-0.4, -0.2) is 40.1 Å². The van der Waals surface area contributed by atoms with E-state index in [1.54, 1.807) is 43.3 Å². The molecule has 11 heteroatoms. The normalized spacial score (nSPS) is 19.1. The number of hydrogen-bond donors (Lipinski definition) is 1. The highest BCUT2D eigenvalue weighted by atomic mass is 32.2. The molecule has 6 rings (SSSR count). The fourth-order valence-corrected chi connectivity index (χ4v) is 8.24. The number of benzene rings is 3. The number of anilines is 2. The molecule has 0 saturated carbocycles. The van der Waals surface area contributed by atoms with Crippen molar-refractivity contribution in [2.24, 2.45) is 5.92 Å².